The fraction of sp³-hybridized carbons (Fsp3) is 0.0714. The number of nitrogens with two attached hydrogens (primary N) is 2. The summed E-state index contributed by atoms with van der Waals surface area (Å²) in [6.45, 7) is 0. The Morgan fingerprint density at radius 1 is 1.10 bits per heavy atom. The average molecular weight is 306 g/mol. The van der Waals surface area contributed by atoms with E-state index in [1.165, 1.54) is 12.1 Å². The van der Waals surface area contributed by atoms with Gasteiger partial charge in [-0.25, -0.2) is 8.42 Å². The van der Waals surface area contributed by atoms with Crippen molar-refractivity contribution in [1.82, 2.24) is 0 Å². The van der Waals surface area contributed by atoms with Gasteiger partial charge in [-0.1, -0.05) is 30.3 Å². The summed E-state index contributed by atoms with van der Waals surface area (Å²) >= 11 is 0. The minimum atomic E-state index is -3.91. The molecule has 21 heavy (non-hydrogen) atoms. The summed E-state index contributed by atoms with van der Waals surface area (Å²) in [5.74, 6) is -2.25. The molecule has 0 radical (unpaired) electrons. The summed E-state index contributed by atoms with van der Waals surface area (Å²) in [7, 11) is -3.91. The summed E-state index contributed by atoms with van der Waals surface area (Å²) in [6.07, 6.45) is 1.52. The second-order valence-electron chi connectivity index (χ2n) is 4.50. The first-order valence-electron chi connectivity index (χ1n) is 6.00. The number of carbonyl (C=O) groups is 1. The van der Waals surface area contributed by atoms with E-state index in [4.69, 9.17) is 16.6 Å². The van der Waals surface area contributed by atoms with Crippen LogP contribution in [0.1, 0.15) is 5.56 Å². The van der Waals surface area contributed by atoms with Crippen LogP contribution >= 0.6 is 0 Å². The number of hydrogen-bond donors (Lipinski definition) is 3. The molecule has 0 aliphatic rings. The largest absolute Gasteiger partial charge is 0.480 e. The molecule has 0 amide bonds. The van der Waals surface area contributed by atoms with Crippen LogP contribution in [0.15, 0.2) is 47.1 Å². The van der Waals surface area contributed by atoms with Gasteiger partial charge in [-0.2, -0.15) is 0 Å². The van der Waals surface area contributed by atoms with Gasteiger partial charge in [0.1, 0.15) is 0 Å². The van der Waals surface area contributed by atoms with E-state index in [0.29, 0.717) is 16.3 Å². The summed E-state index contributed by atoms with van der Waals surface area (Å²) in [4.78, 5) is 10.7. The van der Waals surface area contributed by atoms with E-state index in [1.54, 1.807) is 30.3 Å². The van der Waals surface area contributed by atoms with Crippen molar-refractivity contribution in [3.05, 3.63) is 47.8 Å². The Bertz CT molecular complexity index is 837. The first-order valence-corrected chi connectivity index (χ1v) is 7.65. The van der Waals surface area contributed by atoms with Gasteiger partial charge in [0.25, 0.3) is 0 Å². The number of carboxylic acids is 1. The molecule has 0 spiro atoms. The van der Waals surface area contributed by atoms with Crippen LogP contribution in [0.3, 0.4) is 0 Å². The zero-order valence-corrected chi connectivity index (χ0v) is 11.8. The molecule has 7 heteroatoms. The van der Waals surface area contributed by atoms with Gasteiger partial charge in [-0.05, 0) is 23.1 Å². The normalized spacial score (nSPS) is 11.2. The Hall–Kier alpha value is -2.54. The summed E-state index contributed by atoms with van der Waals surface area (Å²) < 4.78 is 24.3. The predicted octanol–water partition coefficient (Wildman–Crippen LogP) is 0.914. The minimum Gasteiger partial charge on any atom is -0.480 e. The van der Waals surface area contributed by atoms with Crippen LogP contribution in [0.2, 0.25) is 0 Å². The fourth-order valence-electron chi connectivity index (χ4n) is 2.12. The molecule has 0 bridgehead atoms. The summed E-state index contributed by atoms with van der Waals surface area (Å²) in [5, 5.41) is 9.81. The molecule has 0 aliphatic carbocycles. The number of carboxylic acid groups (broad SMARTS) is 1. The molecule has 2 aromatic rings. The Morgan fingerprint density at radius 3 is 2.33 bits per heavy atom. The fourth-order valence-corrected chi connectivity index (χ4v) is 3.40. The predicted molar refractivity (Wildman–Crippen MR) is 80.0 cm³/mol. The zero-order valence-electron chi connectivity index (χ0n) is 11.0. The minimum absolute atomic E-state index is 0.0201. The maximum atomic E-state index is 12.1. The van der Waals surface area contributed by atoms with Crippen LogP contribution in [0, 0.1) is 0 Å². The van der Waals surface area contributed by atoms with E-state index in [1.807, 2.05) is 0 Å². The van der Waals surface area contributed by atoms with Crippen LogP contribution in [-0.4, -0.2) is 25.2 Å². The van der Waals surface area contributed by atoms with Crippen molar-refractivity contribution in [2.75, 3.05) is 5.75 Å². The van der Waals surface area contributed by atoms with Crippen molar-refractivity contribution < 1.29 is 18.3 Å². The third-order valence-electron chi connectivity index (χ3n) is 2.89. The van der Waals surface area contributed by atoms with Crippen molar-refractivity contribution in [3.8, 4) is 0 Å². The number of fused-ring (bicyclic) bond motifs is 1. The first kappa shape index (κ1) is 14.9. The molecule has 0 atom stereocenters. The molecule has 0 aromatic heterocycles. The highest BCUT2D eigenvalue weighted by Crippen LogP contribution is 2.27. The topological polar surface area (TPSA) is 123 Å². The summed E-state index contributed by atoms with van der Waals surface area (Å²) in [5.41, 5.74) is 11.6. The smallest absolute Gasteiger partial charge is 0.319 e. The standard InChI is InChI=1S/C14H14N2O4S/c15-13(16)7-9-3-1-5-11-10(9)4-2-6-12(11)21(19,20)8-14(17)18/h1-7H,8,15-16H2,(H,17,18). The van der Waals surface area contributed by atoms with Gasteiger partial charge in [0.05, 0.1) is 10.7 Å². The Labute approximate surface area is 121 Å². The van der Waals surface area contributed by atoms with Gasteiger partial charge in [0, 0.05) is 5.39 Å². The van der Waals surface area contributed by atoms with E-state index in [9.17, 15) is 13.2 Å². The molecule has 5 N–H and O–H groups in total. The SMILES string of the molecule is NC(N)=Cc1cccc2c(S(=O)(=O)CC(=O)O)cccc12. The first-order chi connectivity index (χ1) is 9.81. The lowest BCUT2D eigenvalue weighted by Gasteiger charge is -2.09. The molecule has 2 rings (SSSR count). The van der Waals surface area contributed by atoms with Gasteiger partial charge in [0.15, 0.2) is 15.6 Å². The van der Waals surface area contributed by atoms with E-state index >= 15 is 0 Å². The summed E-state index contributed by atoms with van der Waals surface area (Å²) in [6, 6.07) is 9.70. The maximum absolute atomic E-state index is 12.1. The molecule has 0 heterocycles. The van der Waals surface area contributed by atoms with E-state index in [2.05, 4.69) is 0 Å². The highest BCUT2D eigenvalue weighted by Gasteiger charge is 2.21. The van der Waals surface area contributed by atoms with Gasteiger partial charge in [-0.3, -0.25) is 4.79 Å². The zero-order chi connectivity index (χ0) is 15.6. The van der Waals surface area contributed by atoms with Gasteiger partial charge in [-0.15, -0.1) is 0 Å². The molecular formula is C14H14N2O4S. The average Bonchev–Trinajstić information content (AvgIpc) is 2.36. The Kier molecular flexibility index (Phi) is 3.86. The van der Waals surface area contributed by atoms with Crippen LogP contribution in [0.25, 0.3) is 16.8 Å². The lowest BCUT2D eigenvalue weighted by molar-refractivity contribution is -0.134. The van der Waals surface area contributed by atoms with Crippen LogP contribution in [-0.2, 0) is 14.6 Å². The van der Waals surface area contributed by atoms with Crippen molar-refractivity contribution in [2.24, 2.45) is 11.5 Å². The quantitative estimate of drug-likeness (QED) is 0.771. The van der Waals surface area contributed by atoms with Gasteiger partial charge in [0.2, 0.25) is 0 Å². The van der Waals surface area contributed by atoms with Crippen molar-refractivity contribution >= 4 is 32.7 Å². The number of hydrogen-bond acceptors (Lipinski definition) is 5. The number of rotatable bonds is 4. The molecular weight excluding hydrogens is 292 g/mol. The number of aliphatic carboxylic acids is 1. The number of benzene rings is 2. The second kappa shape index (κ2) is 5.45. The molecule has 0 unspecified atom stereocenters. The number of sulfone groups is 1. The Balaban J connectivity index is 2.74. The van der Waals surface area contributed by atoms with Crippen molar-refractivity contribution in [2.45, 2.75) is 4.90 Å². The lowest BCUT2D eigenvalue weighted by Crippen LogP contribution is -2.15. The highest BCUT2D eigenvalue weighted by molar-refractivity contribution is 7.92. The van der Waals surface area contributed by atoms with E-state index in [0.717, 1.165) is 0 Å². The third-order valence-corrected chi connectivity index (χ3v) is 4.54. The van der Waals surface area contributed by atoms with Crippen LogP contribution in [0.4, 0.5) is 0 Å². The van der Waals surface area contributed by atoms with Crippen molar-refractivity contribution in [1.29, 1.82) is 0 Å². The molecule has 0 saturated heterocycles. The molecule has 2 aromatic carbocycles. The van der Waals surface area contributed by atoms with Crippen molar-refractivity contribution in [3.63, 3.8) is 0 Å². The molecule has 0 aliphatic heterocycles. The monoisotopic (exact) mass is 306 g/mol. The van der Waals surface area contributed by atoms with Crippen LogP contribution < -0.4 is 11.5 Å². The second-order valence-corrected chi connectivity index (χ2v) is 6.45. The van der Waals surface area contributed by atoms with Gasteiger partial charge >= 0.3 is 5.97 Å². The molecule has 6 nitrogen and oxygen atoms in total. The Morgan fingerprint density at radius 2 is 1.71 bits per heavy atom. The molecule has 0 saturated carbocycles. The van der Waals surface area contributed by atoms with Crippen LogP contribution in [0.5, 0.6) is 0 Å². The van der Waals surface area contributed by atoms with E-state index in [-0.39, 0.29) is 10.7 Å². The molecule has 110 valence electrons. The molecule has 0 fully saturated rings. The van der Waals surface area contributed by atoms with Gasteiger partial charge < -0.3 is 16.6 Å². The van der Waals surface area contributed by atoms with E-state index < -0.39 is 21.6 Å². The highest BCUT2D eigenvalue weighted by atomic mass is 32.2. The third kappa shape index (κ3) is 3.14. The maximum Gasteiger partial charge on any atom is 0.319 e. The lowest BCUT2D eigenvalue weighted by atomic mass is 10.0.